The number of hydrogen-bond donors (Lipinski definition) is 0. The lowest BCUT2D eigenvalue weighted by molar-refractivity contribution is -0.125. The van der Waals surface area contributed by atoms with Crippen LogP contribution >= 0.6 is 0 Å². The molecule has 0 saturated heterocycles. The van der Waals surface area contributed by atoms with Gasteiger partial charge in [-0.15, -0.1) is 0 Å². The zero-order valence-corrected chi connectivity index (χ0v) is 11.4. The summed E-state index contributed by atoms with van der Waals surface area (Å²) < 4.78 is 5.57. The maximum Gasteiger partial charge on any atom is 0.267 e. The van der Waals surface area contributed by atoms with Crippen molar-refractivity contribution in [2.24, 2.45) is 0 Å². The van der Waals surface area contributed by atoms with Crippen LogP contribution in [0.25, 0.3) is 0 Å². The first-order chi connectivity index (χ1) is 9.09. The van der Waals surface area contributed by atoms with E-state index in [1.165, 1.54) is 0 Å². The van der Waals surface area contributed by atoms with Gasteiger partial charge in [0.25, 0.3) is 5.91 Å². The number of para-hydroxylation sites is 2. The summed E-state index contributed by atoms with van der Waals surface area (Å²) in [6, 6.07) is 7.56. The van der Waals surface area contributed by atoms with Crippen LogP contribution in [0.3, 0.4) is 0 Å². The molecule has 0 bridgehead atoms. The monoisotopic (exact) mass is 261 g/mol. The molecule has 1 amide bonds. The molecule has 1 atom stereocenters. The third kappa shape index (κ3) is 3.13. The molecule has 0 N–H and O–H groups in total. The molecule has 0 saturated carbocycles. The summed E-state index contributed by atoms with van der Waals surface area (Å²) in [5.41, 5.74) is 0.827. The SMILES string of the molecule is CC(=O)CCCCN1C(=O)C(C)Oc2ccccc21. The Morgan fingerprint density at radius 2 is 2.05 bits per heavy atom. The number of hydrogen-bond acceptors (Lipinski definition) is 3. The molecule has 19 heavy (non-hydrogen) atoms. The van der Waals surface area contributed by atoms with Crippen LogP contribution in [0, 0.1) is 0 Å². The average molecular weight is 261 g/mol. The molecule has 2 rings (SSSR count). The molecule has 1 aromatic rings. The van der Waals surface area contributed by atoms with Crippen molar-refractivity contribution in [1.29, 1.82) is 0 Å². The van der Waals surface area contributed by atoms with Crippen LogP contribution in [-0.4, -0.2) is 24.3 Å². The second-order valence-corrected chi connectivity index (χ2v) is 4.88. The van der Waals surface area contributed by atoms with Crippen LogP contribution in [0.2, 0.25) is 0 Å². The van der Waals surface area contributed by atoms with E-state index in [9.17, 15) is 9.59 Å². The minimum atomic E-state index is -0.442. The summed E-state index contributed by atoms with van der Waals surface area (Å²) in [6.45, 7) is 3.99. The van der Waals surface area contributed by atoms with E-state index in [-0.39, 0.29) is 11.7 Å². The molecule has 0 aliphatic carbocycles. The highest BCUT2D eigenvalue weighted by Gasteiger charge is 2.30. The number of carbonyl (C=O) groups excluding carboxylic acids is 2. The smallest absolute Gasteiger partial charge is 0.267 e. The molecule has 102 valence electrons. The van der Waals surface area contributed by atoms with Gasteiger partial charge in [-0.25, -0.2) is 0 Å². The first kappa shape index (κ1) is 13.6. The van der Waals surface area contributed by atoms with Crippen LogP contribution in [-0.2, 0) is 9.59 Å². The van der Waals surface area contributed by atoms with Crippen molar-refractivity contribution < 1.29 is 14.3 Å². The fraction of sp³-hybridized carbons (Fsp3) is 0.467. The number of rotatable bonds is 5. The summed E-state index contributed by atoms with van der Waals surface area (Å²) in [6.07, 6.45) is 1.78. The predicted octanol–water partition coefficient (Wildman–Crippen LogP) is 2.56. The van der Waals surface area contributed by atoms with E-state index in [0.29, 0.717) is 13.0 Å². The highest BCUT2D eigenvalue weighted by molar-refractivity contribution is 5.99. The van der Waals surface area contributed by atoms with Gasteiger partial charge in [-0.3, -0.25) is 4.79 Å². The van der Waals surface area contributed by atoms with E-state index in [2.05, 4.69) is 0 Å². The molecular formula is C15H19NO3. The quantitative estimate of drug-likeness (QED) is 0.765. The van der Waals surface area contributed by atoms with Gasteiger partial charge in [0.05, 0.1) is 5.69 Å². The summed E-state index contributed by atoms with van der Waals surface area (Å²) >= 11 is 0. The molecule has 1 aliphatic heterocycles. The predicted molar refractivity (Wildman–Crippen MR) is 73.4 cm³/mol. The topological polar surface area (TPSA) is 46.6 Å². The van der Waals surface area contributed by atoms with Crippen molar-refractivity contribution in [2.45, 2.75) is 39.2 Å². The number of Topliss-reactive ketones (excluding diaryl/α,β-unsaturated/α-hetero) is 1. The van der Waals surface area contributed by atoms with Gasteiger partial charge in [-0.05, 0) is 38.8 Å². The lowest BCUT2D eigenvalue weighted by atomic mass is 10.1. The number of carbonyl (C=O) groups is 2. The van der Waals surface area contributed by atoms with Crippen molar-refractivity contribution in [3.8, 4) is 5.75 Å². The lowest BCUT2D eigenvalue weighted by Gasteiger charge is -2.33. The van der Waals surface area contributed by atoms with E-state index in [4.69, 9.17) is 4.74 Å². The summed E-state index contributed by atoms with van der Waals surface area (Å²) in [5.74, 6) is 0.935. The molecule has 4 heteroatoms. The van der Waals surface area contributed by atoms with Crippen LogP contribution in [0.15, 0.2) is 24.3 Å². The second-order valence-electron chi connectivity index (χ2n) is 4.88. The average Bonchev–Trinajstić information content (AvgIpc) is 2.38. The number of fused-ring (bicyclic) bond motifs is 1. The fourth-order valence-corrected chi connectivity index (χ4v) is 2.23. The summed E-state index contributed by atoms with van der Waals surface area (Å²) in [4.78, 5) is 24.8. The van der Waals surface area contributed by atoms with Gasteiger partial charge < -0.3 is 14.4 Å². The molecule has 1 heterocycles. The lowest BCUT2D eigenvalue weighted by Crippen LogP contribution is -2.44. The number of nitrogens with zero attached hydrogens (tertiary/aromatic N) is 1. The first-order valence-electron chi connectivity index (χ1n) is 6.66. The zero-order chi connectivity index (χ0) is 13.8. The molecule has 1 unspecified atom stereocenters. The molecule has 0 aromatic heterocycles. The van der Waals surface area contributed by atoms with Gasteiger partial charge in [-0.2, -0.15) is 0 Å². The Kier molecular flexibility index (Phi) is 4.20. The maximum atomic E-state index is 12.2. The Morgan fingerprint density at radius 1 is 1.32 bits per heavy atom. The van der Waals surface area contributed by atoms with Gasteiger partial charge in [0, 0.05) is 13.0 Å². The van der Waals surface area contributed by atoms with Crippen molar-refractivity contribution in [3.63, 3.8) is 0 Å². The highest BCUT2D eigenvalue weighted by Crippen LogP contribution is 2.33. The van der Waals surface area contributed by atoms with Crippen molar-refractivity contribution in [3.05, 3.63) is 24.3 Å². The summed E-state index contributed by atoms with van der Waals surface area (Å²) in [5, 5.41) is 0. The van der Waals surface area contributed by atoms with Gasteiger partial charge in [-0.1, -0.05) is 12.1 Å². The third-order valence-electron chi connectivity index (χ3n) is 3.23. The highest BCUT2D eigenvalue weighted by atomic mass is 16.5. The van der Waals surface area contributed by atoms with Crippen molar-refractivity contribution in [2.75, 3.05) is 11.4 Å². The number of benzene rings is 1. The van der Waals surface area contributed by atoms with Crippen LogP contribution < -0.4 is 9.64 Å². The molecule has 0 fully saturated rings. The minimum absolute atomic E-state index is 0.0125. The number of anilines is 1. The molecule has 4 nitrogen and oxygen atoms in total. The number of ketones is 1. The molecule has 1 aliphatic rings. The maximum absolute atomic E-state index is 12.2. The number of ether oxygens (including phenoxy) is 1. The first-order valence-corrected chi connectivity index (χ1v) is 6.66. The van der Waals surface area contributed by atoms with Crippen molar-refractivity contribution >= 4 is 17.4 Å². The van der Waals surface area contributed by atoms with Gasteiger partial charge in [0.15, 0.2) is 6.10 Å². The van der Waals surface area contributed by atoms with Crippen LogP contribution in [0.4, 0.5) is 5.69 Å². The van der Waals surface area contributed by atoms with E-state index in [1.54, 1.807) is 18.7 Å². The van der Waals surface area contributed by atoms with Crippen LogP contribution in [0.1, 0.15) is 33.1 Å². The minimum Gasteiger partial charge on any atom is -0.479 e. The Morgan fingerprint density at radius 3 is 2.79 bits per heavy atom. The van der Waals surface area contributed by atoms with E-state index in [1.807, 2.05) is 24.3 Å². The van der Waals surface area contributed by atoms with Gasteiger partial charge >= 0.3 is 0 Å². The van der Waals surface area contributed by atoms with E-state index >= 15 is 0 Å². The van der Waals surface area contributed by atoms with Gasteiger partial charge in [0.1, 0.15) is 11.5 Å². The molecule has 0 radical (unpaired) electrons. The standard InChI is InChI=1S/C15H19NO3/c1-11(17)7-5-6-10-16-13-8-3-4-9-14(13)19-12(2)15(16)18/h3-4,8-9,12H,5-7,10H2,1-2H3. The van der Waals surface area contributed by atoms with E-state index < -0.39 is 6.10 Å². The Hall–Kier alpha value is -1.84. The fourth-order valence-electron chi connectivity index (χ4n) is 2.23. The summed E-state index contributed by atoms with van der Waals surface area (Å²) in [7, 11) is 0. The molecule has 1 aromatic carbocycles. The van der Waals surface area contributed by atoms with Crippen LogP contribution in [0.5, 0.6) is 5.75 Å². The molecular weight excluding hydrogens is 242 g/mol. The normalized spacial score (nSPS) is 17.9. The Bertz CT molecular complexity index is 484. The van der Waals surface area contributed by atoms with E-state index in [0.717, 1.165) is 24.3 Å². The largest absolute Gasteiger partial charge is 0.479 e. The third-order valence-corrected chi connectivity index (χ3v) is 3.23. The molecule has 0 spiro atoms. The van der Waals surface area contributed by atoms with Crippen molar-refractivity contribution in [1.82, 2.24) is 0 Å². The van der Waals surface area contributed by atoms with Gasteiger partial charge in [0.2, 0.25) is 0 Å². The number of amides is 1. The second kappa shape index (κ2) is 5.87. The zero-order valence-electron chi connectivity index (χ0n) is 11.4. The number of unbranched alkanes of at least 4 members (excludes halogenated alkanes) is 1. The Labute approximate surface area is 113 Å². The Balaban J connectivity index is 2.05.